The summed E-state index contributed by atoms with van der Waals surface area (Å²) >= 11 is 0. The van der Waals surface area contributed by atoms with Gasteiger partial charge in [0.25, 0.3) is 11.7 Å². The summed E-state index contributed by atoms with van der Waals surface area (Å²) in [5.41, 5.74) is 2.89. The number of aliphatic hydroxyl groups excluding tert-OH is 1. The Morgan fingerprint density at radius 2 is 1.89 bits per heavy atom. The minimum absolute atomic E-state index is 0.0296. The Kier molecular flexibility index (Phi) is 7.48. The zero-order valence-electron chi connectivity index (χ0n) is 21.0. The van der Waals surface area contributed by atoms with E-state index < -0.39 is 17.7 Å². The highest BCUT2D eigenvalue weighted by Gasteiger charge is 2.46. The molecule has 3 aromatic rings. The van der Waals surface area contributed by atoms with Crippen molar-refractivity contribution in [2.75, 3.05) is 13.7 Å². The molecule has 1 saturated heterocycles. The quantitative estimate of drug-likeness (QED) is 0.179. The molecule has 1 unspecified atom stereocenters. The van der Waals surface area contributed by atoms with Crippen molar-refractivity contribution >= 4 is 17.4 Å². The fraction of sp³-hybridized carbons (Fsp3) is 0.310. The van der Waals surface area contributed by atoms with Crippen LogP contribution in [-0.2, 0) is 16.1 Å². The molecule has 1 N–H and O–H groups in total. The van der Waals surface area contributed by atoms with Crippen molar-refractivity contribution in [3.05, 3.63) is 88.4 Å². The van der Waals surface area contributed by atoms with E-state index in [2.05, 4.69) is 6.92 Å². The lowest BCUT2D eigenvalue weighted by molar-refractivity contribution is -0.140. The highest BCUT2D eigenvalue weighted by molar-refractivity contribution is 6.46. The second-order valence-electron chi connectivity index (χ2n) is 8.94. The third-order valence-electron chi connectivity index (χ3n) is 6.35. The molecule has 1 aromatic heterocycles. The number of amides is 1. The third kappa shape index (κ3) is 4.87. The van der Waals surface area contributed by atoms with Gasteiger partial charge in [0.1, 0.15) is 11.5 Å². The molecule has 0 spiro atoms. The zero-order chi connectivity index (χ0) is 25.8. The van der Waals surface area contributed by atoms with Gasteiger partial charge in [-0.2, -0.15) is 0 Å². The van der Waals surface area contributed by atoms with Gasteiger partial charge in [0, 0.05) is 5.56 Å². The van der Waals surface area contributed by atoms with Crippen LogP contribution in [0.3, 0.4) is 0 Å². The Balaban J connectivity index is 1.86. The topological polar surface area (TPSA) is 89.2 Å². The number of methoxy groups -OCH3 is 1. The van der Waals surface area contributed by atoms with Crippen LogP contribution in [0.15, 0.2) is 64.8 Å². The van der Waals surface area contributed by atoms with E-state index >= 15 is 0 Å². The number of benzene rings is 2. The number of furan rings is 1. The number of aryl methyl sites for hydroxylation is 2. The van der Waals surface area contributed by atoms with Gasteiger partial charge in [-0.3, -0.25) is 9.59 Å². The highest BCUT2D eigenvalue weighted by Crippen LogP contribution is 2.43. The Morgan fingerprint density at radius 3 is 2.58 bits per heavy atom. The molecular formula is C29H31NO6. The molecule has 1 aliphatic heterocycles. The van der Waals surface area contributed by atoms with Crippen LogP contribution in [0.2, 0.25) is 0 Å². The van der Waals surface area contributed by atoms with Crippen LogP contribution in [0, 0.1) is 13.8 Å². The van der Waals surface area contributed by atoms with E-state index in [1.807, 2.05) is 32.0 Å². The van der Waals surface area contributed by atoms with E-state index in [9.17, 15) is 14.7 Å². The number of hydrogen-bond acceptors (Lipinski definition) is 6. The van der Waals surface area contributed by atoms with E-state index in [-0.39, 0.29) is 17.9 Å². The van der Waals surface area contributed by atoms with Crippen molar-refractivity contribution in [2.45, 2.75) is 46.2 Å². The molecule has 2 heterocycles. The first kappa shape index (κ1) is 25.1. The summed E-state index contributed by atoms with van der Waals surface area (Å²) in [5.74, 6) is -0.0623. The van der Waals surface area contributed by atoms with Crippen molar-refractivity contribution < 1.29 is 28.6 Å². The summed E-state index contributed by atoms with van der Waals surface area (Å²) in [6.07, 6.45) is 3.42. The molecule has 36 heavy (non-hydrogen) atoms. The maximum absolute atomic E-state index is 13.3. The van der Waals surface area contributed by atoms with E-state index in [0.29, 0.717) is 35.0 Å². The fourth-order valence-electron chi connectivity index (χ4n) is 4.40. The number of rotatable bonds is 9. The number of aliphatic hydroxyl groups is 1. The molecule has 1 fully saturated rings. The number of ether oxygens (including phenoxy) is 2. The van der Waals surface area contributed by atoms with Crippen LogP contribution in [0.25, 0.3) is 5.76 Å². The summed E-state index contributed by atoms with van der Waals surface area (Å²) in [7, 11) is 1.54. The minimum atomic E-state index is -0.839. The van der Waals surface area contributed by atoms with E-state index in [1.165, 1.54) is 11.2 Å². The third-order valence-corrected chi connectivity index (χ3v) is 6.35. The number of Topliss-reactive ketones (excluding diaryl/α,β-unsaturated/α-hetero) is 1. The summed E-state index contributed by atoms with van der Waals surface area (Å²) in [5, 5.41) is 11.4. The van der Waals surface area contributed by atoms with E-state index in [4.69, 9.17) is 13.9 Å². The molecule has 0 saturated carbocycles. The number of carbonyl (C=O) groups excluding carboxylic acids is 2. The van der Waals surface area contributed by atoms with Crippen molar-refractivity contribution in [2.24, 2.45) is 0 Å². The smallest absolute Gasteiger partial charge is 0.296 e. The SMILES string of the molecule is CCCCOc1ccc(C2/C(=C(\O)c3cc(C)ccc3C)C(=O)C(=O)N2Cc2ccco2)cc1OC. The maximum atomic E-state index is 13.3. The van der Waals surface area contributed by atoms with Gasteiger partial charge in [0.05, 0.1) is 38.1 Å². The molecule has 7 nitrogen and oxygen atoms in total. The highest BCUT2D eigenvalue weighted by atomic mass is 16.5. The monoisotopic (exact) mass is 489 g/mol. The second kappa shape index (κ2) is 10.7. The first-order valence-electron chi connectivity index (χ1n) is 12.0. The van der Waals surface area contributed by atoms with Crippen LogP contribution < -0.4 is 9.47 Å². The van der Waals surface area contributed by atoms with Gasteiger partial charge >= 0.3 is 0 Å². The van der Waals surface area contributed by atoms with Crippen molar-refractivity contribution in [1.29, 1.82) is 0 Å². The van der Waals surface area contributed by atoms with E-state index in [1.54, 1.807) is 37.4 Å². The number of unbranched alkanes of at least 4 members (excludes halogenated alkanes) is 1. The summed E-state index contributed by atoms with van der Waals surface area (Å²) in [6, 6.07) is 13.6. The largest absolute Gasteiger partial charge is 0.507 e. The summed E-state index contributed by atoms with van der Waals surface area (Å²) in [6.45, 7) is 6.47. The lowest BCUT2D eigenvalue weighted by Gasteiger charge is -2.25. The van der Waals surface area contributed by atoms with Gasteiger partial charge in [0.15, 0.2) is 11.5 Å². The minimum Gasteiger partial charge on any atom is -0.507 e. The number of hydrogen-bond donors (Lipinski definition) is 1. The van der Waals surface area contributed by atoms with Crippen molar-refractivity contribution in [3.63, 3.8) is 0 Å². The molecule has 0 bridgehead atoms. The number of carbonyl (C=O) groups is 2. The van der Waals surface area contributed by atoms with Crippen LogP contribution >= 0.6 is 0 Å². The second-order valence-corrected chi connectivity index (χ2v) is 8.94. The molecule has 7 heteroatoms. The number of ketones is 1. The molecule has 0 radical (unpaired) electrons. The maximum Gasteiger partial charge on any atom is 0.296 e. The first-order valence-corrected chi connectivity index (χ1v) is 12.0. The van der Waals surface area contributed by atoms with Gasteiger partial charge in [-0.1, -0.05) is 37.1 Å². The van der Waals surface area contributed by atoms with Gasteiger partial charge in [0.2, 0.25) is 0 Å². The van der Waals surface area contributed by atoms with Crippen molar-refractivity contribution in [1.82, 2.24) is 4.90 Å². The fourth-order valence-corrected chi connectivity index (χ4v) is 4.40. The van der Waals surface area contributed by atoms with Crippen LogP contribution in [0.5, 0.6) is 11.5 Å². The molecule has 4 rings (SSSR count). The predicted octanol–water partition coefficient (Wildman–Crippen LogP) is 5.71. The van der Waals surface area contributed by atoms with Gasteiger partial charge in [-0.05, 0) is 61.7 Å². The Bertz CT molecular complexity index is 1290. The summed E-state index contributed by atoms with van der Waals surface area (Å²) in [4.78, 5) is 28.0. The number of likely N-dealkylation sites (tertiary alicyclic amines) is 1. The van der Waals surface area contributed by atoms with Gasteiger partial charge in [-0.15, -0.1) is 0 Å². The van der Waals surface area contributed by atoms with Crippen LogP contribution in [-0.4, -0.2) is 35.4 Å². The first-order chi connectivity index (χ1) is 17.3. The molecular weight excluding hydrogens is 458 g/mol. The molecule has 2 aromatic carbocycles. The average molecular weight is 490 g/mol. The molecule has 1 amide bonds. The normalized spacial score (nSPS) is 17.0. The molecule has 1 atom stereocenters. The van der Waals surface area contributed by atoms with Crippen molar-refractivity contribution in [3.8, 4) is 11.5 Å². The lowest BCUT2D eigenvalue weighted by atomic mass is 9.93. The molecule has 188 valence electrons. The Morgan fingerprint density at radius 1 is 1.08 bits per heavy atom. The zero-order valence-corrected chi connectivity index (χ0v) is 21.0. The summed E-state index contributed by atoms with van der Waals surface area (Å²) < 4.78 is 16.9. The Hall–Kier alpha value is -4.00. The van der Waals surface area contributed by atoms with Crippen LogP contribution in [0.4, 0.5) is 0 Å². The van der Waals surface area contributed by atoms with Crippen LogP contribution in [0.1, 0.15) is 53.8 Å². The average Bonchev–Trinajstić information content (AvgIpc) is 3.48. The standard InChI is InChI=1S/C29H31NO6/c1-5-6-13-36-23-12-11-20(16-24(23)34-4)26-25(27(31)22-15-18(2)9-10-19(22)3)28(32)29(33)30(26)17-21-8-7-14-35-21/h7-12,14-16,26,31H,5-6,13,17H2,1-4H3/b27-25+. The van der Waals surface area contributed by atoms with E-state index in [0.717, 1.165) is 24.0 Å². The lowest BCUT2D eigenvalue weighted by Crippen LogP contribution is -2.29. The Labute approximate surface area is 210 Å². The molecule has 0 aliphatic carbocycles. The van der Waals surface area contributed by atoms with Gasteiger partial charge < -0.3 is 23.9 Å². The number of nitrogens with zero attached hydrogens (tertiary/aromatic N) is 1. The molecule has 1 aliphatic rings. The van der Waals surface area contributed by atoms with Gasteiger partial charge in [-0.25, -0.2) is 0 Å². The predicted molar refractivity (Wildman–Crippen MR) is 136 cm³/mol.